The van der Waals surface area contributed by atoms with Gasteiger partial charge in [0, 0.05) is 26.9 Å². The van der Waals surface area contributed by atoms with E-state index in [2.05, 4.69) is 10.3 Å². The number of amides is 1. The highest BCUT2D eigenvalue weighted by molar-refractivity contribution is 7.99. The fourth-order valence-corrected chi connectivity index (χ4v) is 3.52. The molecule has 0 aliphatic carbocycles. The minimum atomic E-state index is -1.14. The number of fused-ring (bicyclic) bond motifs is 1. The zero-order chi connectivity index (χ0) is 19.4. The minimum Gasteiger partial charge on any atom is -0.480 e. The molecule has 0 bridgehead atoms. The number of aromatic nitrogens is 1. The van der Waals surface area contributed by atoms with Gasteiger partial charge in [-0.25, -0.2) is 0 Å². The Labute approximate surface area is 160 Å². The number of aliphatic hydroxyl groups is 1. The third-order valence-corrected chi connectivity index (χ3v) is 5.03. The van der Waals surface area contributed by atoms with Crippen LogP contribution in [0.25, 0.3) is 10.8 Å². The summed E-state index contributed by atoms with van der Waals surface area (Å²) in [5, 5.41) is 22.6. The first-order valence-electron chi connectivity index (χ1n) is 8.28. The van der Waals surface area contributed by atoms with E-state index < -0.39 is 17.9 Å². The average molecular weight is 382 g/mol. The molecule has 2 aromatic carbocycles. The molecule has 1 unspecified atom stereocenters. The lowest BCUT2D eigenvalue weighted by Gasteiger charge is -2.13. The molecule has 0 radical (unpaired) electrons. The van der Waals surface area contributed by atoms with E-state index in [4.69, 9.17) is 5.11 Å². The van der Waals surface area contributed by atoms with E-state index in [1.165, 1.54) is 6.92 Å². The fraction of sp³-hybridized carbons (Fsp3) is 0.150. The Morgan fingerprint density at radius 3 is 2.56 bits per heavy atom. The van der Waals surface area contributed by atoms with Crippen molar-refractivity contribution in [3.63, 3.8) is 0 Å². The summed E-state index contributed by atoms with van der Waals surface area (Å²) in [5.74, 6) is -1.77. The molecular weight excluding hydrogens is 364 g/mol. The van der Waals surface area contributed by atoms with Crippen LogP contribution in [0.15, 0.2) is 64.5 Å². The molecule has 27 heavy (non-hydrogen) atoms. The number of carboxylic acid groups (broad SMARTS) is 1. The number of hydrogen-bond donors (Lipinski definition) is 3. The van der Waals surface area contributed by atoms with Gasteiger partial charge < -0.3 is 15.5 Å². The van der Waals surface area contributed by atoms with Crippen molar-refractivity contribution in [1.29, 1.82) is 0 Å². The number of nitrogens with one attached hydrogen (secondary N) is 1. The molecule has 1 amide bonds. The van der Waals surface area contributed by atoms with Gasteiger partial charge in [0.25, 0.3) is 5.91 Å². The molecule has 0 fully saturated rings. The molecular formula is C20H18N2O4S. The quantitative estimate of drug-likeness (QED) is 0.606. The zero-order valence-corrected chi connectivity index (χ0v) is 15.4. The summed E-state index contributed by atoms with van der Waals surface area (Å²) in [6.45, 7) is 0.993. The maximum atomic E-state index is 12.3. The molecule has 0 saturated heterocycles. The van der Waals surface area contributed by atoms with Crippen LogP contribution in [0.1, 0.15) is 23.0 Å². The summed E-state index contributed by atoms with van der Waals surface area (Å²) >= 11 is 1.60. The summed E-state index contributed by atoms with van der Waals surface area (Å²) in [6, 6.07) is 14.6. The summed E-state index contributed by atoms with van der Waals surface area (Å²) in [4.78, 5) is 29.5. The number of pyridine rings is 1. The smallest absolute Gasteiger partial charge is 0.325 e. The Hall–Kier alpha value is -2.90. The van der Waals surface area contributed by atoms with Crippen LogP contribution in [0.4, 0.5) is 0 Å². The van der Waals surface area contributed by atoms with Gasteiger partial charge in [-0.05, 0) is 36.6 Å². The number of carbonyl (C=O) groups is 2. The van der Waals surface area contributed by atoms with Gasteiger partial charge in [0.05, 0.1) is 6.61 Å². The van der Waals surface area contributed by atoms with Crippen molar-refractivity contribution >= 4 is 34.4 Å². The van der Waals surface area contributed by atoms with Gasteiger partial charge >= 0.3 is 5.97 Å². The zero-order valence-electron chi connectivity index (χ0n) is 14.5. The lowest BCUT2D eigenvalue weighted by Crippen LogP contribution is -2.39. The van der Waals surface area contributed by atoms with Crippen molar-refractivity contribution in [2.75, 3.05) is 0 Å². The summed E-state index contributed by atoms with van der Waals surface area (Å²) in [5.41, 5.74) is 0.403. The van der Waals surface area contributed by atoms with Crippen LogP contribution in [-0.4, -0.2) is 33.1 Å². The van der Waals surface area contributed by atoms with Crippen LogP contribution < -0.4 is 5.32 Å². The lowest BCUT2D eigenvalue weighted by molar-refractivity contribution is -0.138. The molecule has 3 rings (SSSR count). The van der Waals surface area contributed by atoms with E-state index >= 15 is 0 Å². The fourth-order valence-electron chi connectivity index (χ4n) is 2.63. The molecule has 138 valence electrons. The number of hydrogen-bond acceptors (Lipinski definition) is 5. The Balaban J connectivity index is 1.94. The van der Waals surface area contributed by atoms with E-state index in [0.717, 1.165) is 15.2 Å². The number of aliphatic hydroxyl groups excluding tert-OH is 1. The first-order valence-corrected chi connectivity index (χ1v) is 9.10. The van der Waals surface area contributed by atoms with Gasteiger partial charge in [-0.3, -0.25) is 14.6 Å². The number of carboxylic acids is 1. The van der Waals surface area contributed by atoms with Crippen molar-refractivity contribution < 1.29 is 19.8 Å². The summed E-state index contributed by atoms with van der Waals surface area (Å²) in [7, 11) is 0. The molecule has 0 aliphatic rings. The number of nitrogens with zero attached hydrogens (tertiary/aromatic N) is 1. The molecule has 3 N–H and O–H groups in total. The number of carbonyl (C=O) groups excluding carboxylic acids is 1. The molecule has 6 nitrogen and oxygen atoms in total. The van der Waals surface area contributed by atoms with Gasteiger partial charge in [0.15, 0.2) is 0 Å². The molecule has 1 atom stereocenters. The number of rotatable bonds is 6. The van der Waals surface area contributed by atoms with Crippen molar-refractivity contribution in [2.45, 2.75) is 29.4 Å². The minimum absolute atomic E-state index is 0.0292. The normalized spacial score (nSPS) is 11.9. The Bertz CT molecular complexity index is 992. The third kappa shape index (κ3) is 4.27. The SMILES string of the molecule is CC(NC(=O)c1ncc2cc(Sc3ccccc3)ccc2c1CO)C(=O)O. The highest BCUT2D eigenvalue weighted by Gasteiger charge is 2.20. The molecule has 1 heterocycles. The van der Waals surface area contributed by atoms with Crippen LogP contribution in [0, 0.1) is 0 Å². The van der Waals surface area contributed by atoms with Crippen LogP contribution in [0.3, 0.4) is 0 Å². The Morgan fingerprint density at radius 1 is 1.15 bits per heavy atom. The van der Waals surface area contributed by atoms with Gasteiger partial charge in [-0.1, -0.05) is 36.0 Å². The Kier molecular flexibility index (Phi) is 5.73. The van der Waals surface area contributed by atoms with Crippen molar-refractivity contribution in [3.8, 4) is 0 Å². The van der Waals surface area contributed by atoms with Crippen molar-refractivity contribution in [1.82, 2.24) is 10.3 Å². The predicted molar refractivity (Wildman–Crippen MR) is 103 cm³/mol. The molecule has 0 aliphatic heterocycles. The molecule has 7 heteroatoms. The molecule has 0 spiro atoms. The second kappa shape index (κ2) is 8.20. The highest BCUT2D eigenvalue weighted by Crippen LogP contribution is 2.31. The molecule has 3 aromatic rings. The lowest BCUT2D eigenvalue weighted by atomic mass is 10.0. The second-order valence-corrected chi connectivity index (χ2v) is 7.09. The molecule has 0 saturated carbocycles. The van der Waals surface area contributed by atoms with Gasteiger partial charge in [-0.15, -0.1) is 0 Å². The predicted octanol–water partition coefficient (Wildman–Crippen LogP) is 3.08. The van der Waals surface area contributed by atoms with E-state index in [-0.39, 0.29) is 12.3 Å². The standard InChI is InChI=1S/C20H18N2O4S/c1-12(20(25)26)22-19(24)18-17(11-23)16-8-7-15(9-13(16)10-21-18)27-14-5-3-2-4-6-14/h2-10,12,23H,11H2,1H3,(H,22,24)(H,25,26). The van der Waals surface area contributed by atoms with Crippen LogP contribution in [0.5, 0.6) is 0 Å². The van der Waals surface area contributed by atoms with Crippen LogP contribution in [-0.2, 0) is 11.4 Å². The highest BCUT2D eigenvalue weighted by atomic mass is 32.2. The van der Waals surface area contributed by atoms with Gasteiger partial charge in [0.1, 0.15) is 11.7 Å². The van der Waals surface area contributed by atoms with Gasteiger partial charge in [0.2, 0.25) is 0 Å². The Morgan fingerprint density at radius 2 is 1.89 bits per heavy atom. The summed E-state index contributed by atoms with van der Waals surface area (Å²) in [6.07, 6.45) is 1.56. The monoisotopic (exact) mass is 382 g/mol. The van der Waals surface area contributed by atoms with E-state index in [9.17, 15) is 14.7 Å². The third-order valence-electron chi connectivity index (χ3n) is 4.04. The topological polar surface area (TPSA) is 99.5 Å². The van der Waals surface area contributed by atoms with E-state index in [1.807, 2.05) is 48.5 Å². The average Bonchev–Trinajstić information content (AvgIpc) is 2.67. The van der Waals surface area contributed by atoms with Crippen LogP contribution in [0.2, 0.25) is 0 Å². The van der Waals surface area contributed by atoms with E-state index in [0.29, 0.717) is 10.9 Å². The largest absolute Gasteiger partial charge is 0.480 e. The number of benzene rings is 2. The second-order valence-electron chi connectivity index (χ2n) is 5.94. The molecule has 1 aromatic heterocycles. The van der Waals surface area contributed by atoms with Crippen molar-refractivity contribution in [3.05, 3.63) is 66.0 Å². The van der Waals surface area contributed by atoms with Crippen molar-refractivity contribution in [2.24, 2.45) is 0 Å². The van der Waals surface area contributed by atoms with Crippen LogP contribution >= 0.6 is 11.8 Å². The van der Waals surface area contributed by atoms with E-state index in [1.54, 1.807) is 18.0 Å². The first kappa shape index (κ1) is 18.9. The van der Waals surface area contributed by atoms with Gasteiger partial charge in [-0.2, -0.15) is 0 Å². The summed E-state index contributed by atoms with van der Waals surface area (Å²) < 4.78 is 0. The maximum Gasteiger partial charge on any atom is 0.325 e. The first-order chi connectivity index (χ1) is 13.0. The number of aliphatic carboxylic acids is 1. The maximum absolute atomic E-state index is 12.3.